The van der Waals surface area contributed by atoms with Crippen LogP contribution in [0.3, 0.4) is 0 Å². The van der Waals surface area contributed by atoms with Gasteiger partial charge in [0.05, 0.1) is 11.1 Å². The zero-order valence-corrected chi connectivity index (χ0v) is 29.1. The molecule has 0 aliphatic heterocycles. The fourth-order valence-corrected chi connectivity index (χ4v) is 5.10. The van der Waals surface area contributed by atoms with Gasteiger partial charge in [0.2, 0.25) is 0 Å². The monoisotopic (exact) mass is 621 g/mol. The summed E-state index contributed by atoms with van der Waals surface area (Å²) in [6.07, 6.45) is 6.31. The maximum Gasteiger partial charge on any atom is 0.163 e. The van der Waals surface area contributed by atoms with Crippen LogP contribution in [-0.4, -0.2) is 10.9 Å². The molecule has 0 aliphatic carbocycles. The third-order valence-corrected chi connectivity index (χ3v) is 8.33. The van der Waals surface area contributed by atoms with Crippen LogP contribution in [0, 0.1) is 11.8 Å². The number of unbranched alkanes of at least 4 members (excludes halogenated alkanes) is 1. The van der Waals surface area contributed by atoms with Crippen LogP contribution < -0.4 is 10.5 Å². The normalized spacial score (nSPS) is 11.6. The molecule has 46 heavy (non-hydrogen) atoms. The summed E-state index contributed by atoms with van der Waals surface area (Å²) in [5.41, 5.74) is 12.2. The van der Waals surface area contributed by atoms with Crippen LogP contribution in [0.1, 0.15) is 107 Å². The molecule has 0 fully saturated rings. The molecule has 2 atom stereocenters. The third-order valence-electron chi connectivity index (χ3n) is 8.33. The Kier molecular flexibility index (Phi) is 16.4. The minimum Gasteiger partial charge on any atom is -0.506 e. The molecule has 4 nitrogen and oxygen atoms in total. The van der Waals surface area contributed by atoms with Crippen LogP contribution in [0.4, 0.5) is 0 Å². The van der Waals surface area contributed by atoms with E-state index < -0.39 is 0 Å². The number of phenols is 1. The van der Waals surface area contributed by atoms with Gasteiger partial charge in [0.25, 0.3) is 0 Å². The maximum atomic E-state index is 11.9. The molecule has 4 rings (SSSR count). The Morgan fingerprint density at radius 1 is 0.848 bits per heavy atom. The van der Waals surface area contributed by atoms with E-state index in [1.165, 1.54) is 43.7 Å². The molecular formula is C42H55NO3. The van der Waals surface area contributed by atoms with Crippen LogP contribution in [0.2, 0.25) is 0 Å². The highest BCUT2D eigenvalue weighted by Gasteiger charge is 2.18. The summed E-state index contributed by atoms with van der Waals surface area (Å²) in [5, 5.41) is 10.8. The lowest BCUT2D eigenvalue weighted by atomic mass is 9.89. The zero-order chi connectivity index (χ0) is 34.1. The first-order chi connectivity index (χ1) is 22.1. The van der Waals surface area contributed by atoms with Crippen LogP contribution in [0.25, 0.3) is 16.8 Å². The number of carbonyl (C=O) groups is 1. The van der Waals surface area contributed by atoms with Gasteiger partial charge in [-0.3, -0.25) is 4.79 Å². The van der Waals surface area contributed by atoms with Gasteiger partial charge < -0.3 is 15.6 Å². The SMILES string of the molecule is C=C(N)c1cccc(Cc2ccc(COc3ccc(C(C)=O)c(O)c3-c3ccccc3)cc2)c1.CC.CCCCC(C)C(C)CC. The van der Waals surface area contributed by atoms with Crippen molar-refractivity contribution in [3.05, 3.63) is 125 Å². The minimum absolute atomic E-state index is 0.0612. The summed E-state index contributed by atoms with van der Waals surface area (Å²) >= 11 is 0. The van der Waals surface area contributed by atoms with E-state index in [0.29, 0.717) is 23.6 Å². The van der Waals surface area contributed by atoms with E-state index in [0.717, 1.165) is 34.9 Å². The number of ether oxygens (including phenoxy) is 1. The van der Waals surface area contributed by atoms with Gasteiger partial charge in [0, 0.05) is 5.70 Å². The number of hydrogen-bond donors (Lipinski definition) is 2. The van der Waals surface area contributed by atoms with E-state index in [1.54, 1.807) is 12.1 Å². The lowest BCUT2D eigenvalue weighted by Gasteiger charge is -2.17. The second kappa shape index (κ2) is 19.9. The predicted octanol–water partition coefficient (Wildman–Crippen LogP) is 11.2. The van der Waals surface area contributed by atoms with Gasteiger partial charge in [-0.05, 0) is 71.2 Å². The van der Waals surface area contributed by atoms with E-state index in [-0.39, 0.29) is 17.1 Å². The van der Waals surface area contributed by atoms with Crippen LogP contribution in [-0.2, 0) is 13.0 Å². The van der Waals surface area contributed by atoms with Crippen molar-refractivity contribution in [3.8, 4) is 22.6 Å². The zero-order valence-electron chi connectivity index (χ0n) is 29.1. The molecule has 3 N–H and O–H groups in total. The highest BCUT2D eigenvalue weighted by atomic mass is 16.5. The average Bonchev–Trinajstić information content (AvgIpc) is 3.08. The first-order valence-electron chi connectivity index (χ1n) is 16.8. The molecule has 246 valence electrons. The molecule has 0 aliphatic rings. The van der Waals surface area contributed by atoms with Gasteiger partial charge in [-0.1, -0.05) is 147 Å². The van der Waals surface area contributed by atoms with E-state index in [1.807, 2.05) is 68.4 Å². The molecule has 4 heteroatoms. The Balaban J connectivity index is 0.000000526. The maximum absolute atomic E-state index is 11.9. The molecule has 0 heterocycles. The predicted molar refractivity (Wildman–Crippen MR) is 196 cm³/mol. The summed E-state index contributed by atoms with van der Waals surface area (Å²) in [7, 11) is 0. The van der Waals surface area contributed by atoms with E-state index in [4.69, 9.17) is 10.5 Å². The number of nitrogens with two attached hydrogens (primary N) is 1. The van der Waals surface area contributed by atoms with E-state index in [9.17, 15) is 9.90 Å². The molecule has 0 saturated carbocycles. The van der Waals surface area contributed by atoms with Gasteiger partial charge in [0.15, 0.2) is 5.78 Å². The fourth-order valence-electron chi connectivity index (χ4n) is 5.10. The number of rotatable bonds is 13. The summed E-state index contributed by atoms with van der Waals surface area (Å²) in [6.45, 7) is 18.9. The largest absolute Gasteiger partial charge is 0.506 e. The van der Waals surface area contributed by atoms with Crippen molar-refractivity contribution in [2.75, 3.05) is 0 Å². The summed E-state index contributed by atoms with van der Waals surface area (Å²) in [4.78, 5) is 11.9. The fraction of sp³-hybridized carbons (Fsp3) is 0.357. The molecule has 0 spiro atoms. The van der Waals surface area contributed by atoms with E-state index >= 15 is 0 Å². The van der Waals surface area contributed by atoms with E-state index in [2.05, 4.69) is 58.5 Å². The smallest absolute Gasteiger partial charge is 0.163 e. The number of aromatic hydroxyl groups is 1. The highest BCUT2D eigenvalue weighted by molar-refractivity contribution is 6.00. The van der Waals surface area contributed by atoms with Crippen molar-refractivity contribution < 1.29 is 14.6 Å². The van der Waals surface area contributed by atoms with Crippen LogP contribution >= 0.6 is 0 Å². The van der Waals surface area contributed by atoms with Gasteiger partial charge in [0.1, 0.15) is 18.1 Å². The van der Waals surface area contributed by atoms with Gasteiger partial charge >= 0.3 is 0 Å². The Bertz CT molecular complexity index is 1490. The average molecular weight is 622 g/mol. The lowest BCUT2D eigenvalue weighted by Crippen LogP contribution is -2.06. The quantitative estimate of drug-likeness (QED) is 0.146. The molecule has 0 saturated heterocycles. The number of benzene rings is 4. The number of carbonyl (C=O) groups excluding carboxylic acids is 1. The van der Waals surface area contributed by atoms with Gasteiger partial charge in [-0.2, -0.15) is 0 Å². The number of Topliss-reactive ketones (excluding diaryl/α,β-unsaturated/α-hetero) is 1. The molecule has 2 unspecified atom stereocenters. The standard InChI is InChI=1S/C30H27NO3.C10H22.C2H6/c1-20(31)26-10-6-7-24(18-26)17-22-11-13-23(14-12-22)19-34-28-16-15-27(21(2)32)30(33)29(28)25-8-4-3-5-9-25;1-5-7-8-10(4)9(3)6-2;1-2/h3-16,18,33H,1,17,19,31H2,2H3;9-10H,5-8H2,1-4H3;1-2H3. The van der Waals surface area contributed by atoms with Crippen molar-refractivity contribution in [2.24, 2.45) is 17.6 Å². The Morgan fingerprint density at radius 3 is 2.09 bits per heavy atom. The third kappa shape index (κ3) is 11.6. The van der Waals surface area contributed by atoms with Crippen molar-refractivity contribution in [2.45, 2.75) is 87.2 Å². The summed E-state index contributed by atoms with van der Waals surface area (Å²) in [5.74, 6) is 2.13. The topological polar surface area (TPSA) is 72.5 Å². The summed E-state index contributed by atoms with van der Waals surface area (Å²) < 4.78 is 6.10. The molecule has 0 radical (unpaired) electrons. The van der Waals surface area contributed by atoms with Gasteiger partial charge in [-0.25, -0.2) is 0 Å². The Hall–Kier alpha value is -4.31. The Labute approximate surface area is 278 Å². The lowest BCUT2D eigenvalue weighted by molar-refractivity contribution is 0.101. The van der Waals surface area contributed by atoms with Crippen molar-refractivity contribution in [3.63, 3.8) is 0 Å². The highest BCUT2D eigenvalue weighted by Crippen LogP contribution is 2.40. The minimum atomic E-state index is -0.196. The van der Waals surface area contributed by atoms with Crippen molar-refractivity contribution >= 4 is 11.5 Å². The first kappa shape index (κ1) is 37.9. The number of phenolic OH excluding ortho intramolecular Hbond substituents is 1. The molecule has 4 aromatic rings. The number of hydrogen-bond acceptors (Lipinski definition) is 4. The first-order valence-corrected chi connectivity index (χ1v) is 16.8. The van der Waals surface area contributed by atoms with Crippen molar-refractivity contribution in [1.29, 1.82) is 0 Å². The number of ketones is 1. The van der Waals surface area contributed by atoms with Crippen molar-refractivity contribution in [1.82, 2.24) is 0 Å². The second-order valence-corrected chi connectivity index (χ2v) is 11.8. The molecule has 0 amide bonds. The van der Waals surface area contributed by atoms with Crippen LogP contribution in [0.5, 0.6) is 11.5 Å². The van der Waals surface area contributed by atoms with Crippen LogP contribution in [0.15, 0.2) is 97.6 Å². The molecular weight excluding hydrogens is 566 g/mol. The molecule has 0 bridgehead atoms. The Morgan fingerprint density at radius 2 is 1.50 bits per heavy atom. The second-order valence-electron chi connectivity index (χ2n) is 11.8. The molecule has 0 aromatic heterocycles. The van der Waals surface area contributed by atoms with Gasteiger partial charge in [-0.15, -0.1) is 0 Å². The molecule has 4 aromatic carbocycles. The summed E-state index contributed by atoms with van der Waals surface area (Å²) in [6, 6.07) is 29.1.